The third-order valence-electron chi connectivity index (χ3n) is 4.56. The van der Waals surface area contributed by atoms with Crippen LogP contribution in [0.25, 0.3) is 16.8 Å². The second kappa shape index (κ2) is 8.81. The van der Waals surface area contributed by atoms with Crippen LogP contribution in [0.2, 0.25) is 0 Å². The lowest BCUT2D eigenvalue weighted by Gasteiger charge is -2.11. The molecule has 7 nitrogen and oxygen atoms in total. The monoisotopic (exact) mass is 412 g/mol. The number of aryl methyl sites for hydroxylation is 1. The van der Waals surface area contributed by atoms with E-state index in [0.29, 0.717) is 33.9 Å². The Bertz CT molecular complexity index is 1060. The van der Waals surface area contributed by atoms with E-state index in [1.807, 2.05) is 19.1 Å². The number of halogens is 2. The van der Waals surface area contributed by atoms with Gasteiger partial charge in [0.2, 0.25) is 0 Å². The molecule has 3 rings (SSSR count). The Hall–Kier alpha value is -3.62. The first-order valence-corrected chi connectivity index (χ1v) is 9.25. The van der Waals surface area contributed by atoms with Crippen LogP contribution in [0.5, 0.6) is 0 Å². The van der Waals surface area contributed by atoms with Gasteiger partial charge < -0.3 is 16.0 Å². The number of pyridine rings is 2. The van der Waals surface area contributed by atoms with E-state index in [0.717, 1.165) is 11.1 Å². The number of amidine groups is 1. The minimum absolute atomic E-state index is 0.0297. The largest absolute Gasteiger partial charge is 0.383 e. The smallest absolute Gasteiger partial charge is 0.258 e. The summed E-state index contributed by atoms with van der Waals surface area (Å²) < 4.78 is 24.6. The number of allylic oxidation sites excluding steroid dienone is 2. The van der Waals surface area contributed by atoms with Gasteiger partial charge in [-0.2, -0.15) is 0 Å². The minimum Gasteiger partial charge on any atom is -0.383 e. The van der Waals surface area contributed by atoms with Gasteiger partial charge in [0.1, 0.15) is 5.84 Å². The van der Waals surface area contributed by atoms with Crippen LogP contribution in [0.4, 0.5) is 14.5 Å². The van der Waals surface area contributed by atoms with Crippen molar-refractivity contribution in [2.75, 3.05) is 11.9 Å². The van der Waals surface area contributed by atoms with E-state index >= 15 is 0 Å². The Morgan fingerprint density at radius 1 is 1.30 bits per heavy atom. The van der Waals surface area contributed by atoms with Gasteiger partial charge in [-0.1, -0.05) is 0 Å². The molecule has 9 heteroatoms. The molecule has 0 atom stereocenters. The summed E-state index contributed by atoms with van der Waals surface area (Å²) >= 11 is 0. The van der Waals surface area contributed by atoms with E-state index in [4.69, 9.17) is 5.41 Å². The maximum absolute atomic E-state index is 12.5. The number of carbonyl (C=O) groups excluding carboxylic acids is 1. The van der Waals surface area contributed by atoms with Crippen molar-refractivity contribution in [3.8, 4) is 11.3 Å². The Balaban J connectivity index is 1.88. The van der Waals surface area contributed by atoms with Crippen molar-refractivity contribution in [3.05, 3.63) is 59.3 Å². The van der Waals surface area contributed by atoms with Crippen LogP contribution < -0.4 is 16.0 Å². The molecule has 0 saturated heterocycles. The van der Waals surface area contributed by atoms with Crippen LogP contribution in [-0.2, 0) is 4.79 Å². The maximum Gasteiger partial charge on any atom is 0.258 e. The third kappa shape index (κ3) is 4.68. The number of aromatic nitrogens is 2. The molecule has 0 bridgehead atoms. The zero-order chi connectivity index (χ0) is 21.8. The molecule has 0 aromatic carbocycles. The van der Waals surface area contributed by atoms with Crippen LogP contribution >= 0.6 is 0 Å². The van der Waals surface area contributed by atoms with E-state index in [-0.39, 0.29) is 11.7 Å². The fourth-order valence-electron chi connectivity index (χ4n) is 3.13. The second-order valence-electron chi connectivity index (χ2n) is 6.90. The van der Waals surface area contributed by atoms with E-state index < -0.39 is 13.0 Å². The van der Waals surface area contributed by atoms with Gasteiger partial charge in [0.15, 0.2) is 0 Å². The minimum atomic E-state index is -2.48. The number of nitrogens with zero attached hydrogens (tertiary/aromatic N) is 2. The predicted molar refractivity (Wildman–Crippen MR) is 112 cm³/mol. The number of nitrogens with one attached hydrogen (secondary N) is 4. The van der Waals surface area contributed by atoms with Crippen molar-refractivity contribution in [1.82, 2.24) is 20.6 Å². The lowest BCUT2D eigenvalue weighted by molar-refractivity contribution is -0.110. The SMILES string of the molecule is C/C(=C/C(=N)N/C(C)=C1\C(=O)Nc2cnc(-c3cnccc3C)cc21)NCC(F)F. The van der Waals surface area contributed by atoms with Gasteiger partial charge in [-0.25, -0.2) is 8.78 Å². The number of amides is 1. The number of carbonyl (C=O) groups is 1. The van der Waals surface area contributed by atoms with E-state index in [1.165, 1.54) is 6.08 Å². The Labute approximate surface area is 172 Å². The van der Waals surface area contributed by atoms with Gasteiger partial charge >= 0.3 is 0 Å². The molecule has 30 heavy (non-hydrogen) atoms. The molecule has 0 saturated carbocycles. The van der Waals surface area contributed by atoms with Gasteiger partial charge in [-0.05, 0) is 44.5 Å². The van der Waals surface area contributed by atoms with E-state index in [2.05, 4.69) is 25.9 Å². The molecule has 1 amide bonds. The number of hydrogen-bond donors (Lipinski definition) is 4. The molecule has 0 radical (unpaired) electrons. The summed E-state index contributed by atoms with van der Waals surface area (Å²) in [5, 5.41) is 16.2. The number of anilines is 1. The summed E-state index contributed by atoms with van der Waals surface area (Å²) in [4.78, 5) is 21.1. The van der Waals surface area contributed by atoms with Crippen molar-refractivity contribution in [1.29, 1.82) is 5.41 Å². The van der Waals surface area contributed by atoms with Gasteiger partial charge in [0.25, 0.3) is 12.3 Å². The zero-order valence-corrected chi connectivity index (χ0v) is 16.8. The van der Waals surface area contributed by atoms with Crippen LogP contribution in [0.1, 0.15) is 25.0 Å². The van der Waals surface area contributed by atoms with E-state index in [1.54, 1.807) is 32.4 Å². The quantitative estimate of drug-likeness (QED) is 0.331. The second-order valence-corrected chi connectivity index (χ2v) is 6.90. The highest BCUT2D eigenvalue weighted by atomic mass is 19.3. The predicted octanol–water partition coefficient (Wildman–Crippen LogP) is 3.46. The average molecular weight is 412 g/mol. The molecule has 1 aliphatic heterocycles. The highest BCUT2D eigenvalue weighted by molar-refractivity contribution is 6.32. The topological polar surface area (TPSA) is 103 Å². The number of rotatable bonds is 6. The van der Waals surface area contributed by atoms with E-state index in [9.17, 15) is 13.6 Å². The fourth-order valence-corrected chi connectivity index (χ4v) is 3.13. The van der Waals surface area contributed by atoms with Crippen molar-refractivity contribution in [3.63, 3.8) is 0 Å². The first-order valence-electron chi connectivity index (χ1n) is 9.25. The molecule has 2 aromatic rings. The van der Waals surface area contributed by atoms with Gasteiger partial charge in [-0.3, -0.25) is 20.2 Å². The summed E-state index contributed by atoms with van der Waals surface area (Å²) in [5.74, 6) is -0.334. The molecule has 4 N–H and O–H groups in total. The fraction of sp³-hybridized carbons (Fsp3) is 0.238. The molecular weight excluding hydrogens is 390 g/mol. The lowest BCUT2D eigenvalue weighted by Crippen LogP contribution is -2.24. The first-order chi connectivity index (χ1) is 14.3. The first kappa shape index (κ1) is 21.1. The highest BCUT2D eigenvalue weighted by Crippen LogP contribution is 2.35. The summed E-state index contributed by atoms with van der Waals surface area (Å²) in [6, 6.07) is 3.70. The standard InChI is InChI=1S/C21H22F2N6O/c1-11-4-5-25-8-15(11)16-7-14-17(9-27-16)29-21(30)20(14)13(3)28-19(24)6-12(2)26-10-18(22)23/h4-9,18,26H,10H2,1-3H3,(H2,24,28)(H,29,30)/b12-6-,20-13-. The molecule has 3 heterocycles. The van der Waals surface area contributed by atoms with Crippen molar-refractivity contribution < 1.29 is 13.6 Å². The molecule has 0 aliphatic carbocycles. The maximum atomic E-state index is 12.5. The van der Waals surface area contributed by atoms with Crippen LogP contribution in [0.15, 0.2) is 48.2 Å². The Morgan fingerprint density at radius 2 is 2.07 bits per heavy atom. The van der Waals surface area contributed by atoms with Gasteiger partial charge in [0.05, 0.1) is 29.7 Å². The lowest BCUT2D eigenvalue weighted by atomic mass is 10.0. The summed E-state index contributed by atoms with van der Waals surface area (Å²) in [6.45, 7) is 4.74. The van der Waals surface area contributed by atoms with Crippen molar-refractivity contribution in [2.45, 2.75) is 27.2 Å². The Morgan fingerprint density at radius 3 is 2.77 bits per heavy atom. The van der Waals surface area contributed by atoms with Gasteiger partial charge in [-0.15, -0.1) is 0 Å². The molecule has 0 fully saturated rings. The number of alkyl halides is 2. The average Bonchev–Trinajstić information content (AvgIpc) is 3.01. The Kier molecular flexibility index (Phi) is 6.20. The molecule has 2 aromatic heterocycles. The van der Waals surface area contributed by atoms with Gasteiger partial charge in [0, 0.05) is 34.9 Å². The normalized spacial score (nSPS) is 15.0. The van der Waals surface area contributed by atoms with Crippen LogP contribution in [0, 0.1) is 12.3 Å². The highest BCUT2D eigenvalue weighted by Gasteiger charge is 2.27. The molecule has 0 unspecified atom stereocenters. The van der Waals surface area contributed by atoms with Crippen LogP contribution in [-0.4, -0.2) is 34.7 Å². The molecular formula is C21H22F2N6O. The molecule has 0 spiro atoms. The number of hydrogen-bond acceptors (Lipinski definition) is 5. The number of fused-ring (bicyclic) bond motifs is 1. The van der Waals surface area contributed by atoms with Crippen molar-refractivity contribution >= 4 is 23.0 Å². The summed E-state index contributed by atoms with van der Waals surface area (Å²) in [6.07, 6.45) is 3.92. The molecule has 1 aliphatic rings. The zero-order valence-electron chi connectivity index (χ0n) is 16.8. The third-order valence-corrected chi connectivity index (χ3v) is 4.56. The summed E-state index contributed by atoms with van der Waals surface area (Å²) in [7, 11) is 0. The molecule has 156 valence electrons. The van der Waals surface area contributed by atoms with Crippen molar-refractivity contribution in [2.24, 2.45) is 0 Å². The van der Waals surface area contributed by atoms with Crippen LogP contribution in [0.3, 0.4) is 0 Å². The summed E-state index contributed by atoms with van der Waals surface area (Å²) in [5.41, 5.74) is 5.08.